The van der Waals surface area contributed by atoms with Crippen LogP contribution in [-0.4, -0.2) is 55.2 Å². The molecule has 1 aromatic heterocycles. The number of hydrogen-bond donors (Lipinski definition) is 0. The van der Waals surface area contributed by atoms with Gasteiger partial charge >= 0.3 is 0 Å². The van der Waals surface area contributed by atoms with Crippen LogP contribution in [0.25, 0.3) is 21.3 Å². The third-order valence-electron chi connectivity index (χ3n) is 5.74. The highest BCUT2D eigenvalue weighted by molar-refractivity contribution is 7.22. The van der Waals surface area contributed by atoms with Gasteiger partial charge in [-0.05, 0) is 35.4 Å². The number of hydrogen-bond acceptors (Lipinski definition) is 5. The van der Waals surface area contributed by atoms with Crippen molar-refractivity contribution in [1.82, 2.24) is 9.88 Å². The van der Waals surface area contributed by atoms with E-state index in [1.807, 2.05) is 65.6 Å². The van der Waals surface area contributed by atoms with E-state index in [0.717, 1.165) is 59.3 Å². The Labute approximate surface area is 191 Å². The number of carbonyl (C=O) groups is 1. The molecule has 0 saturated carbocycles. The first kappa shape index (κ1) is 20.8. The number of ether oxygens (including phenoxy) is 1. The number of nitrogens with zero attached hydrogens (tertiary/aromatic N) is 3. The van der Waals surface area contributed by atoms with Gasteiger partial charge in [0, 0.05) is 31.7 Å². The highest BCUT2D eigenvalue weighted by Gasteiger charge is 2.23. The molecule has 0 radical (unpaired) electrons. The smallest absolute Gasteiger partial charge is 0.260 e. The summed E-state index contributed by atoms with van der Waals surface area (Å²) < 4.78 is 6.55. The largest absolute Gasteiger partial charge is 0.379 e. The monoisotopic (exact) mass is 443 g/mol. The van der Waals surface area contributed by atoms with Crippen LogP contribution in [-0.2, 0) is 4.74 Å². The van der Waals surface area contributed by atoms with Crippen LogP contribution in [0.2, 0.25) is 0 Å². The molecule has 5 rings (SSSR count). The molecule has 3 aromatic carbocycles. The summed E-state index contributed by atoms with van der Waals surface area (Å²) in [4.78, 5) is 22.5. The molecule has 6 heteroatoms. The fourth-order valence-electron chi connectivity index (χ4n) is 3.92. The van der Waals surface area contributed by atoms with Crippen molar-refractivity contribution < 1.29 is 9.53 Å². The van der Waals surface area contributed by atoms with Crippen molar-refractivity contribution in [2.24, 2.45) is 0 Å². The van der Waals surface area contributed by atoms with Gasteiger partial charge in [-0.2, -0.15) is 0 Å². The number of rotatable bonds is 6. The lowest BCUT2D eigenvalue weighted by molar-refractivity contribution is 0.0391. The van der Waals surface area contributed by atoms with Crippen LogP contribution in [0.4, 0.5) is 5.13 Å². The summed E-state index contributed by atoms with van der Waals surface area (Å²) in [5, 5.41) is 0.747. The number of carbonyl (C=O) groups excluding carboxylic acids is 1. The molecule has 162 valence electrons. The number of para-hydroxylation sites is 1. The molecule has 0 bridgehead atoms. The predicted molar refractivity (Wildman–Crippen MR) is 130 cm³/mol. The maximum absolute atomic E-state index is 13.6. The number of amides is 1. The minimum absolute atomic E-state index is 0.0167. The van der Waals surface area contributed by atoms with Gasteiger partial charge in [0.15, 0.2) is 5.13 Å². The van der Waals surface area contributed by atoms with Crippen LogP contribution in [0.1, 0.15) is 10.4 Å². The molecule has 1 aliphatic heterocycles. The minimum atomic E-state index is -0.0167. The van der Waals surface area contributed by atoms with Gasteiger partial charge in [0.25, 0.3) is 5.91 Å². The molecular formula is C26H25N3O2S. The fourth-order valence-corrected chi connectivity index (χ4v) is 4.91. The van der Waals surface area contributed by atoms with Gasteiger partial charge in [-0.25, -0.2) is 4.98 Å². The van der Waals surface area contributed by atoms with Crippen molar-refractivity contribution in [2.45, 2.75) is 0 Å². The Balaban J connectivity index is 1.41. The van der Waals surface area contributed by atoms with E-state index >= 15 is 0 Å². The van der Waals surface area contributed by atoms with Gasteiger partial charge in [-0.15, -0.1) is 0 Å². The summed E-state index contributed by atoms with van der Waals surface area (Å²) in [6, 6.07) is 26.1. The first-order valence-corrected chi connectivity index (χ1v) is 11.7. The molecule has 32 heavy (non-hydrogen) atoms. The molecule has 4 aromatic rings. The van der Waals surface area contributed by atoms with Crippen molar-refractivity contribution >= 4 is 32.6 Å². The van der Waals surface area contributed by atoms with Crippen LogP contribution in [0.5, 0.6) is 0 Å². The zero-order valence-electron chi connectivity index (χ0n) is 17.8. The fraction of sp³-hybridized carbons (Fsp3) is 0.231. The molecule has 1 aliphatic rings. The highest BCUT2D eigenvalue weighted by atomic mass is 32.1. The number of morpholine rings is 1. The molecule has 0 spiro atoms. The zero-order chi connectivity index (χ0) is 21.8. The Morgan fingerprint density at radius 1 is 0.906 bits per heavy atom. The molecule has 1 fully saturated rings. The summed E-state index contributed by atoms with van der Waals surface area (Å²) >= 11 is 1.57. The van der Waals surface area contributed by atoms with Crippen LogP contribution in [0.3, 0.4) is 0 Å². The summed E-state index contributed by atoms with van der Waals surface area (Å²) in [5.41, 5.74) is 3.84. The number of benzene rings is 3. The lowest BCUT2D eigenvalue weighted by atomic mass is 10.0. The summed E-state index contributed by atoms with van der Waals surface area (Å²) in [5.74, 6) is -0.0167. The van der Waals surface area contributed by atoms with Crippen LogP contribution < -0.4 is 4.90 Å². The second kappa shape index (κ2) is 9.61. The SMILES string of the molecule is O=C(c1ccc(-c2ccccc2)cc1)N(CCN1CCOCC1)c1nc2ccccc2s1. The topological polar surface area (TPSA) is 45.7 Å². The first-order valence-electron chi connectivity index (χ1n) is 10.9. The quantitative estimate of drug-likeness (QED) is 0.423. The Bertz CT molecular complexity index is 1150. The molecule has 0 N–H and O–H groups in total. The molecule has 1 saturated heterocycles. The van der Waals surface area contributed by atoms with Gasteiger partial charge in [0.1, 0.15) is 0 Å². The van der Waals surface area contributed by atoms with E-state index in [0.29, 0.717) is 12.1 Å². The number of aromatic nitrogens is 1. The molecule has 5 nitrogen and oxygen atoms in total. The number of thiazole rings is 1. The van der Waals surface area contributed by atoms with E-state index in [-0.39, 0.29) is 5.91 Å². The van der Waals surface area contributed by atoms with Crippen molar-refractivity contribution in [3.05, 3.63) is 84.4 Å². The Morgan fingerprint density at radius 2 is 1.59 bits per heavy atom. The van der Waals surface area contributed by atoms with Gasteiger partial charge in [-0.1, -0.05) is 65.9 Å². The van der Waals surface area contributed by atoms with Crippen molar-refractivity contribution in [2.75, 3.05) is 44.3 Å². The lowest BCUT2D eigenvalue weighted by Gasteiger charge is -2.29. The molecule has 0 aliphatic carbocycles. The molecular weight excluding hydrogens is 418 g/mol. The van der Waals surface area contributed by atoms with Gasteiger partial charge < -0.3 is 4.74 Å². The second-order valence-corrected chi connectivity index (χ2v) is 8.83. The van der Waals surface area contributed by atoms with Crippen molar-refractivity contribution in [3.63, 3.8) is 0 Å². The van der Waals surface area contributed by atoms with Crippen LogP contribution >= 0.6 is 11.3 Å². The molecule has 2 heterocycles. The summed E-state index contributed by atoms with van der Waals surface area (Å²) in [7, 11) is 0. The standard InChI is InChI=1S/C26H25N3O2S/c30-25(22-12-10-21(11-13-22)20-6-2-1-3-7-20)29(15-14-28-16-18-31-19-17-28)26-27-23-8-4-5-9-24(23)32-26/h1-13H,14-19H2. The normalized spacial score (nSPS) is 14.5. The zero-order valence-corrected chi connectivity index (χ0v) is 18.6. The van der Waals surface area contributed by atoms with E-state index in [1.165, 1.54) is 0 Å². The first-order chi connectivity index (χ1) is 15.8. The Kier molecular flexibility index (Phi) is 6.25. The number of anilines is 1. The van der Waals surface area contributed by atoms with E-state index in [4.69, 9.17) is 9.72 Å². The predicted octanol–water partition coefficient (Wildman–Crippen LogP) is 4.94. The van der Waals surface area contributed by atoms with Gasteiger partial charge in [0.2, 0.25) is 0 Å². The van der Waals surface area contributed by atoms with E-state index < -0.39 is 0 Å². The maximum atomic E-state index is 13.6. The minimum Gasteiger partial charge on any atom is -0.379 e. The average molecular weight is 444 g/mol. The Morgan fingerprint density at radius 3 is 2.34 bits per heavy atom. The lowest BCUT2D eigenvalue weighted by Crippen LogP contribution is -2.43. The summed E-state index contributed by atoms with van der Waals surface area (Å²) in [6.45, 7) is 4.68. The second-order valence-electron chi connectivity index (χ2n) is 7.82. The third kappa shape index (κ3) is 4.58. The van der Waals surface area contributed by atoms with Crippen molar-refractivity contribution in [1.29, 1.82) is 0 Å². The molecule has 0 unspecified atom stereocenters. The van der Waals surface area contributed by atoms with Crippen LogP contribution in [0, 0.1) is 0 Å². The van der Waals surface area contributed by atoms with Crippen molar-refractivity contribution in [3.8, 4) is 11.1 Å². The maximum Gasteiger partial charge on any atom is 0.260 e. The van der Waals surface area contributed by atoms with Crippen LogP contribution in [0.15, 0.2) is 78.9 Å². The average Bonchev–Trinajstić information content (AvgIpc) is 3.29. The third-order valence-corrected chi connectivity index (χ3v) is 6.80. The highest BCUT2D eigenvalue weighted by Crippen LogP contribution is 2.30. The molecule has 0 atom stereocenters. The molecule has 1 amide bonds. The van der Waals surface area contributed by atoms with E-state index in [1.54, 1.807) is 11.3 Å². The Hall–Kier alpha value is -3.06. The van der Waals surface area contributed by atoms with E-state index in [9.17, 15) is 4.79 Å². The van der Waals surface area contributed by atoms with Gasteiger partial charge in [0.05, 0.1) is 23.4 Å². The summed E-state index contributed by atoms with van der Waals surface area (Å²) in [6.07, 6.45) is 0. The number of fused-ring (bicyclic) bond motifs is 1. The van der Waals surface area contributed by atoms with Gasteiger partial charge in [-0.3, -0.25) is 14.6 Å². The van der Waals surface area contributed by atoms with E-state index in [2.05, 4.69) is 23.1 Å².